The SMILES string of the molecule is CC(C)(C)OC(=O)N1CC[C@@H](F)[C@@H](N2C(=O)S/C(=C\c3ccc4c(cnn4Cc4ccc(Cl)cc4C(F)(F)F)c3)C2=O)C1. The molecule has 2 aromatic carbocycles. The lowest BCUT2D eigenvalue weighted by molar-refractivity contribution is -0.138. The van der Waals surface area contributed by atoms with E-state index in [-0.39, 0.29) is 41.5 Å². The number of nitrogens with zero attached hydrogens (tertiary/aromatic N) is 4. The van der Waals surface area contributed by atoms with Gasteiger partial charge in [0.15, 0.2) is 0 Å². The van der Waals surface area contributed by atoms with Crippen molar-refractivity contribution >= 4 is 57.6 Å². The number of benzene rings is 2. The third-order valence-electron chi connectivity index (χ3n) is 6.97. The number of amides is 3. The summed E-state index contributed by atoms with van der Waals surface area (Å²) in [6.07, 6.45) is -3.81. The fourth-order valence-corrected chi connectivity index (χ4v) is 6.05. The number of ether oxygens (including phenoxy) is 1. The zero-order valence-corrected chi connectivity index (χ0v) is 24.9. The molecule has 2 aliphatic heterocycles. The molecule has 0 unspecified atom stereocenters. The number of piperidine rings is 1. The first-order chi connectivity index (χ1) is 20.1. The highest BCUT2D eigenvalue weighted by Crippen LogP contribution is 2.37. The maximum absolute atomic E-state index is 15.0. The number of rotatable bonds is 4. The van der Waals surface area contributed by atoms with E-state index in [1.807, 2.05) is 0 Å². The second-order valence-corrected chi connectivity index (χ2v) is 12.7. The lowest BCUT2D eigenvalue weighted by atomic mass is 10.0. The topological polar surface area (TPSA) is 84.7 Å². The highest BCUT2D eigenvalue weighted by Gasteiger charge is 2.46. The normalized spacial score (nSPS) is 20.9. The number of hydrogen-bond acceptors (Lipinski definition) is 6. The molecule has 14 heteroatoms. The van der Waals surface area contributed by atoms with E-state index >= 15 is 0 Å². The van der Waals surface area contributed by atoms with Crippen LogP contribution in [0.5, 0.6) is 0 Å². The highest BCUT2D eigenvalue weighted by molar-refractivity contribution is 8.18. The zero-order chi connectivity index (χ0) is 31.3. The van der Waals surface area contributed by atoms with Gasteiger partial charge in [0.1, 0.15) is 11.8 Å². The predicted molar refractivity (Wildman–Crippen MR) is 154 cm³/mol. The molecule has 0 spiro atoms. The Bertz CT molecular complexity index is 1630. The Morgan fingerprint density at radius 3 is 2.60 bits per heavy atom. The second-order valence-electron chi connectivity index (χ2n) is 11.3. The Morgan fingerprint density at radius 2 is 1.91 bits per heavy atom. The second kappa shape index (κ2) is 11.5. The van der Waals surface area contributed by atoms with Crippen molar-refractivity contribution in [3.8, 4) is 0 Å². The molecule has 3 aromatic rings. The summed E-state index contributed by atoms with van der Waals surface area (Å²) in [4.78, 5) is 40.9. The van der Waals surface area contributed by atoms with Gasteiger partial charge in [0.25, 0.3) is 11.1 Å². The summed E-state index contributed by atoms with van der Waals surface area (Å²) in [5, 5.41) is 4.16. The Hall–Kier alpha value is -3.58. The minimum absolute atomic E-state index is 0.00114. The number of halogens is 5. The molecule has 0 saturated carbocycles. The van der Waals surface area contributed by atoms with E-state index in [4.69, 9.17) is 16.3 Å². The molecule has 0 radical (unpaired) electrons. The number of carbonyl (C=O) groups is 3. The van der Waals surface area contributed by atoms with E-state index in [0.29, 0.717) is 28.2 Å². The molecule has 228 valence electrons. The van der Waals surface area contributed by atoms with Crippen LogP contribution in [0.1, 0.15) is 43.9 Å². The number of thioether (sulfide) groups is 1. The van der Waals surface area contributed by atoms with E-state index in [9.17, 15) is 31.9 Å². The summed E-state index contributed by atoms with van der Waals surface area (Å²) in [5.41, 5.74) is -0.518. The number of fused-ring (bicyclic) bond motifs is 1. The van der Waals surface area contributed by atoms with Crippen LogP contribution in [-0.4, -0.2) is 67.7 Å². The van der Waals surface area contributed by atoms with Crippen LogP contribution in [0.2, 0.25) is 5.02 Å². The lowest BCUT2D eigenvalue weighted by Crippen LogP contribution is -2.57. The van der Waals surface area contributed by atoms with Crippen LogP contribution in [0.4, 0.5) is 27.2 Å². The summed E-state index contributed by atoms with van der Waals surface area (Å²) in [7, 11) is 0. The van der Waals surface area contributed by atoms with Crippen molar-refractivity contribution in [1.29, 1.82) is 0 Å². The molecule has 3 heterocycles. The van der Waals surface area contributed by atoms with Gasteiger partial charge >= 0.3 is 12.3 Å². The van der Waals surface area contributed by atoms with E-state index in [1.165, 1.54) is 34.0 Å². The van der Waals surface area contributed by atoms with Gasteiger partial charge in [-0.05, 0) is 80.4 Å². The fourth-order valence-electron chi connectivity index (χ4n) is 4.99. The van der Waals surface area contributed by atoms with Crippen molar-refractivity contribution in [1.82, 2.24) is 19.6 Å². The average Bonchev–Trinajstić information content (AvgIpc) is 3.42. The Labute approximate surface area is 253 Å². The number of imide groups is 1. The van der Waals surface area contributed by atoms with Gasteiger partial charge in [0, 0.05) is 23.5 Å². The first-order valence-electron chi connectivity index (χ1n) is 13.3. The number of aromatic nitrogens is 2. The van der Waals surface area contributed by atoms with Crippen molar-refractivity contribution < 1.29 is 36.7 Å². The molecule has 5 rings (SSSR count). The van der Waals surface area contributed by atoms with Gasteiger partial charge in [-0.25, -0.2) is 9.18 Å². The van der Waals surface area contributed by atoms with E-state index < -0.39 is 46.8 Å². The van der Waals surface area contributed by atoms with E-state index in [1.54, 1.807) is 39.0 Å². The first-order valence-corrected chi connectivity index (χ1v) is 14.5. The van der Waals surface area contributed by atoms with Gasteiger partial charge in [-0.3, -0.25) is 19.2 Å². The molecule has 8 nitrogen and oxygen atoms in total. The van der Waals surface area contributed by atoms with Gasteiger partial charge in [-0.2, -0.15) is 18.3 Å². The molecule has 0 N–H and O–H groups in total. The summed E-state index contributed by atoms with van der Waals surface area (Å²) in [5.74, 6) is -0.674. The van der Waals surface area contributed by atoms with Gasteiger partial charge in [-0.1, -0.05) is 23.7 Å². The monoisotopic (exact) mass is 638 g/mol. The minimum atomic E-state index is -4.59. The van der Waals surface area contributed by atoms with Crippen LogP contribution in [0, 0.1) is 0 Å². The summed E-state index contributed by atoms with van der Waals surface area (Å²) in [6.45, 7) is 4.88. The van der Waals surface area contributed by atoms with Gasteiger partial charge in [0.2, 0.25) is 0 Å². The molecule has 0 aliphatic carbocycles. The molecule has 1 aromatic heterocycles. The van der Waals surface area contributed by atoms with Gasteiger partial charge in [-0.15, -0.1) is 0 Å². The van der Waals surface area contributed by atoms with E-state index in [2.05, 4.69) is 5.10 Å². The van der Waals surface area contributed by atoms with Crippen LogP contribution in [0.3, 0.4) is 0 Å². The highest BCUT2D eigenvalue weighted by atomic mass is 35.5. The van der Waals surface area contributed by atoms with Crippen molar-refractivity contribution in [2.75, 3.05) is 13.1 Å². The van der Waals surface area contributed by atoms with Crippen molar-refractivity contribution in [2.45, 2.75) is 57.7 Å². The molecule has 2 saturated heterocycles. The number of hydrogen-bond donors (Lipinski definition) is 0. The summed E-state index contributed by atoms with van der Waals surface area (Å²) >= 11 is 6.46. The lowest BCUT2D eigenvalue weighted by Gasteiger charge is -2.38. The quantitative estimate of drug-likeness (QED) is 0.223. The average molecular weight is 639 g/mol. The van der Waals surface area contributed by atoms with Crippen LogP contribution in [-0.2, 0) is 22.3 Å². The van der Waals surface area contributed by atoms with Crippen LogP contribution < -0.4 is 0 Å². The van der Waals surface area contributed by atoms with Crippen molar-refractivity contribution in [3.05, 3.63) is 69.2 Å². The molecule has 2 aliphatic rings. The minimum Gasteiger partial charge on any atom is -0.444 e. The number of carbonyl (C=O) groups excluding carboxylic acids is 3. The van der Waals surface area contributed by atoms with Crippen LogP contribution in [0.25, 0.3) is 17.0 Å². The number of alkyl halides is 4. The van der Waals surface area contributed by atoms with Crippen molar-refractivity contribution in [2.24, 2.45) is 0 Å². The Balaban J connectivity index is 1.35. The maximum Gasteiger partial charge on any atom is 0.416 e. The third-order valence-corrected chi connectivity index (χ3v) is 8.09. The van der Waals surface area contributed by atoms with Gasteiger partial charge < -0.3 is 9.64 Å². The van der Waals surface area contributed by atoms with Crippen molar-refractivity contribution in [3.63, 3.8) is 0 Å². The Kier molecular flexibility index (Phi) is 8.25. The fraction of sp³-hybridized carbons (Fsp3) is 0.379. The smallest absolute Gasteiger partial charge is 0.416 e. The summed E-state index contributed by atoms with van der Waals surface area (Å²) in [6, 6.07) is 7.39. The molecule has 43 heavy (non-hydrogen) atoms. The first kappa shape index (κ1) is 30.9. The van der Waals surface area contributed by atoms with Crippen LogP contribution in [0.15, 0.2) is 47.5 Å². The molecular formula is C29H27ClF4N4O4S. The largest absolute Gasteiger partial charge is 0.444 e. The molecular weight excluding hydrogens is 612 g/mol. The molecule has 0 bridgehead atoms. The van der Waals surface area contributed by atoms with Gasteiger partial charge in [0.05, 0.1) is 34.8 Å². The third kappa shape index (κ3) is 6.67. The maximum atomic E-state index is 15.0. The molecule has 2 fully saturated rings. The predicted octanol–water partition coefficient (Wildman–Crippen LogP) is 7.14. The standard InChI is InChI=1S/C29H27ClF4N4O4S/c1-28(2,3)42-26(40)36-9-8-21(31)23(15-36)38-25(39)24(43-27(38)41)11-16-4-7-22-18(10-16)13-35-37(22)14-17-5-6-19(30)12-20(17)29(32,33)34/h4-7,10-13,21,23H,8-9,14-15H2,1-3H3/b24-11-/t21-,23+/m1/s1. The Morgan fingerprint density at radius 1 is 1.16 bits per heavy atom. The molecule has 2 atom stereocenters. The zero-order valence-electron chi connectivity index (χ0n) is 23.3. The molecule has 3 amide bonds. The summed E-state index contributed by atoms with van der Waals surface area (Å²) < 4.78 is 62.5. The number of likely N-dealkylation sites (tertiary alicyclic amines) is 1. The van der Waals surface area contributed by atoms with E-state index in [0.717, 1.165) is 11.0 Å². The van der Waals surface area contributed by atoms with Crippen LogP contribution >= 0.6 is 23.4 Å².